The summed E-state index contributed by atoms with van der Waals surface area (Å²) in [5, 5.41) is 4.05. The molecule has 1 amide bonds. The second-order valence-electron chi connectivity index (χ2n) is 8.53. The summed E-state index contributed by atoms with van der Waals surface area (Å²) in [7, 11) is 4.70. The molecule has 37 heavy (non-hydrogen) atoms. The maximum atomic E-state index is 13.9. The first-order valence-electron chi connectivity index (χ1n) is 11.9. The lowest BCUT2D eigenvalue weighted by Gasteiger charge is -2.14. The van der Waals surface area contributed by atoms with Crippen LogP contribution in [0, 0.1) is 0 Å². The summed E-state index contributed by atoms with van der Waals surface area (Å²) in [5.41, 5.74) is 2.24. The first-order chi connectivity index (χ1) is 18.0. The van der Waals surface area contributed by atoms with Crippen LogP contribution in [0.3, 0.4) is 0 Å². The van der Waals surface area contributed by atoms with Gasteiger partial charge in [0.15, 0.2) is 5.16 Å². The molecule has 2 heterocycles. The highest BCUT2D eigenvalue weighted by Crippen LogP contribution is 2.35. The van der Waals surface area contributed by atoms with Crippen LogP contribution < -0.4 is 25.1 Å². The normalized spacial score (nSPS) is 12.7. The molecule has 0 aliphatic heterocycles. The minimum absolute atomic E-state index is 0.0639. The third-order valence-electron chi connectivity index (χ3n) is 6.30. The molecule has 0 atom stereocenters. The Morgan fingerprint density at radius 1 is 1.03 bits per heavy atom. The van der Waals surface area contributed by atoms with E-state index in [1.807, 2.05) is 24.3 Å². The van der Waals surface area contributed by atoms with Gasteiger partial charge in [-0.2, -0.15) is 0 Å². The molecule has 1 N–H and O–H groups in total. The quantitative estimate of drug-likeness (QED) is 0.247. The minimum Gasteiger partial charge on any atom is -0.497 e. The fourth-order valence-electron chi connectivity index (χ4n) is 4.46. The molecule has 0 spiro atoms. The van der Waals surface area contributed by atoms with Crippen LogP contribution in [0.2, 0.25) is 0 Å². The molecule has 8 nitrogen and oxygen atoms in total. The average molecular weight is 538 g/mol. The lowest BCUT2D eigenvalue weighted by atomic mass is 9.97. The van der Waals surface area contributed by atoms with Crippen molar-refractivity contribution in [2.45, 2.75) is 30.8 Å². The van der Waals surface area contributed by atoms with Gasteiger partial charge in [0.05, 0.1) is 43.8 Å². The number of benzene rings is 2. The molecule has 1 aliphatic rings. The Morgan fingerprint density at radius 3 is 2.49 bits per heavy atom. The van der Waals surface area contributed by atoms with E-state index in [1.54, 1.807) is 48.3 Å². The number of methoxy groups -OCH3 is 3. The lowest BCUT2D eigenvalue weighted by molar-refractivity contribution is -0.113. The summed E-state index contributed by atoms with van der Waals surface area (Å²) in [6.07, 6.45) is 4.08. The molecule has 0 saturated carbocycles. The Labute approximate surface area is 222 Å². The third-order valence-corrected chi connectivity index (χ3v) is 8.43. The Morgan fingerprint density at radius 2 is 1.76 bits per heavy atom. The Balaban J connectivity index is 1.48. The molecule has 0 bridgehead atoms. The van der Waals surface area contributed by atoms with E-state index in [1.165, 1.54) is 23.7 Å². The molecule has 192 valence electrons. The Kier molecular flexibility index (Phi) is 7.38. The monoisotopic (exact) mass is 537 g/mol. The predicted octanol–water partition coefficient (Wildman–Crippen LogP) is 5.08. The number of nitrogens with zero attached hydrogens (tertiary/aromatic N) is 2. The molecule has 0 saturated heterocycles. The second kappa shape index (κ2) is 10.9. The standard InChI is InChI=1S/C27H27N3O5S2/c1-33-17-10-8-16(9-11-17)30-26(32)24-19-6-4-5-7-22(19)37-25(24)29-27(30)36-15-23(31)28-20-13-12-18(34-2)14-21(20)35-3/h8-14H,4-7,15H2,1-3H3,(H,28,31). The van der Waals surface area contributed by atoms with Crippen molar-refractivity contribution >= 4 is 44.9 Å². The van der Waals surface area contributed by atoms with Crippen LogP contribution in [-0.2, 0) is 17.6 Å². The number of aromatic nitrogens is 2. The fourth-order valence-corrected chi connectivity index (χ4v) is 6.58. The average Bonchev–Trinajstić information content (AvgIpc) is 3.31. The second-order valence-corrected chi connectivity index (χ2v) is 10.6. The molecule has 10 heteroatoms. The number of aryl methyl sites for hydroxylation is 2. The van der Waals surface area contributed by atoms with Gasteiger partial charge in [-0.05, 0) is 67.6 Å². The predicted molar refractivity (Wildman–Crippen MR) is 147 cm³/mol. The van der Waals surface area contributed by atoms with Crippen molar-refractivity contribution in [3.8, 4) is 22.9 Å². The number of hydrogen-bond acceptors (Lipinski definition) is 8. The maximum absolute atomic E-state index is 13.9. The van der Waals surface area contributed by atoms with Crippen molar-refractivity contribution in [2.75, 3.05) is 32.4 Å². The number of fused-ring (bicyclic) bond motifs is 3. The number of ether oxygens (including phenoxy) is 3. The van der Waals surface area contributed by atoms with Gasteiger partial charge in [0.1, 0.15) is 22.1 Å². The molecule has 2 aromatic carbocycles. The van der Waals surface area contributed by atoms with Crippen LogP contribution in [0.15, 0.2) is 52.4 Å². The number of thiophene rings is 1. The molecule has 5 rings (SSSR count). The van der Waals surface area contributed by atoms with E-state index < -0.39 is 0 Å². The van der Waals surface area contributed by atoms with Gasteiger partial charge in [-0.25, -0.2) is 4.98 Å². The number of amides is 1. The summed E-state index contributed by atoms with van der Waals surface area (Å²) in [4.78, 5) is 33.6. The number of thioether (sulfide) groups is 1. The summed E-state index contributed by atoms with van der Waals surface area (Å²) in [6.45, 7) is 0. The zero-order chi connectivity index (χ0) is 25.9. The van der Waals surface area contributed by atoms with Gasteiger partial charge in [-0.1, -0.05) is 11.8 Å². The smallest absolute Gasteiger partial charge is 0.267 e. The SMILES string of the molecule is COc1ccc(-n2c(SCC(=O)Nc3ccc(OC)cc3OC)nc3sc4c(c3c2=O)CCCC4)cc1. The molecular weight excluding hydrogens is 510 g/mol. The topological polar surface area (TPSA) is 91.7 Å². The minimum atomic E-state index is -0.241. The van der Waals surface area contributed by atoms with E-state index in [9.17, 15) is 9.59 Å². The summed E-state index contributed by atoms with van der Waals surface area (Å²) in [5.74, 6) is 1.64. The van der Waals surface area contributed by atoms with E-state index in [2.05, 4.69) is 5.32 Å². The van der Waals surface area contributed by atoms with Crippen LogP contribution in [0.1, 0.15) is 23.3 Å². The van der Waals surface area contributed by atoms with E-state index in [4.69, 9.17) is 19.2 Å². The largest absolute Gasteiger partial charge is 0.497 e. The number of carbonyl (C=O) groups is 1. The molecule has 4 aromatic rings. The zero-order valence-electron chi connectivity index (χ0n) is 20.8. The van der Waals surface area contributed by atoms with E-state index in [0.29, 0.717) is 39.2 Å². The van der Waals surface area contributed by atoms with Gasteiger partial charge in [0, 0.05) is 10.9 Å². The molecule has 0 fully saturated rings. The van der Waals surface area contributed by atoms with E-state index in [-0.39, 0.29) is 17.2 Å². The highest BCUT2D eigenvalue weighted by Gasteiger charge is 2.23. The van der Waals surface area contributed by atoms with Crippen LogP contribution in [0.25, 0.3) is 15.9 Å². The number of hydrogen-bond donors (Lipinski definition) is 1. The molecule has 2 aromatic heterocycles. The van der Waals surface area contributed by atoms with Crippen molar-refractivity contribution in [2.24, 2.45) is 0 Å². The van der Waals surface area contributed by atoms with Gasteiger partial charge in [0.25, 0.3) is 5.56 Å². The van der Waals surface area contributed by atoms with Gasteiger partial charge >= 0.3 is 0 Å². The van der Waals surface area contributed by atoms with E-state index >= 15 is 0 Å². The van der Waals surface area contributed by atoms with Gasteiger partial charge < -0.3 is 19.5 Å². The Bertz CT molecular complexity index is 1510. The fraction of sp³-hybridized carbons (Fsp3) is 0.296. The Hall–Kier alpha value is -3.50. The lowest BCUT2D eigenvalue weighted by Crippen LogP contribution is -2.23. The molecule has 1 aliphatic carbocycles. The van der Waals surface area contributed by atoms with Crippen molar-refractivity contribution in [1.82, 2.24) is 9.55 Å². The van der Waals surface area contributed by atoms with Gasteiger partial charge in [-0.3, -0.25) is 14.2 Å². The van der Waals surface area contributed by atoms with Gasteiger partial charge in [-0.15, -0.1) is 11.3 Å². The number of anilines is 1. The first kappa shape index (κ1) is 25.2. The van der Waals surface area contributed by atoms with Crippen molar-refractivity contribution < 1.29 is 19.0 Å². The maximum Gasteiger partial charge on any atom is 0.267 e. The number of carbonyl (C=O) groups excluding carboxylic acids is 1. The highest BCUT2D eigenvalue weighted by atomic mass is 32.2. The van der Waals surface area contributed by atoms with Crippen LogP contribution in [0.5, 0.6) is 17.2 Å². The molecule has 0 unspecified atom stereocenters. The van der Waals surface area contributed by atoms with Crippen LogP contribution in [0.4, 0.5) is 5.69 Å². The van der Waals surface area contributed by atoms with Crippen molar-refractivity contribution in [3.05, 3.63) is 63.3 Å². The molecule has 0 radical (unpaired) electrons. The number of nitrogens with one attached hydrogen (secondary N) is 1. The first-order valence-corrected chi connectivity index (χ1v) is 13.7. The third kappa shape index (κ3) is 5.03. The highest BCUT2D eigenvalue weighted by molar-refractivity contribution is 7.99. The van der Waals surface area contributed by atoms with Crippen LogP contribution in [-0.4, -0.2) is 42.5 Å². The molecular formula is C27H27N3O5S2. The summed E-state index contributed by atoms with van der Waals surface area (Å²) < 4.78 is 17.5. The zero-order valence-corrected chi connectivity index (χ0v) is 22.5. The van der Waals surface area contributed by atoms with Crippen LogP contribution >= 0.6 is 23.1 Å². The van der Waals surface area contributed by atoms with E-state index in [0.717, 1.165) is 36.1 Å². The summed E-state index contributed by atoms with van der Waals surface area (Å²) in [6, 6.07) is 12.5. The number of rotatable bonds is 8. The van der Waals surface area contributed by atoms with Gasteiger partial charge in [0.2, 0.25) is 5.91 Å². The van der Waals surface area contributed by atoms with Crippen molar-refractivity contribution in [1.29, 1.82) is 0 Å². The summed E-state index contributed by atoms with van der Waals surface area (Å²) >= 11 is 2.82. The van der Waals surface area contributed by atoms with Crippen molar-refractivity contribution in [3.63, 3.8) is 0 Å².